The normalized spacial score (nSPS) is 11.6. The highest BCUT2D eigenvalue weighted by Gasteiger charge is 2.21. The summed E-state index contributed by atoms with van der Waals surface area (Å²) >= 11 is 0. The van der Waals surface area contributed by atoms with Crippen molar-refractivity contribution in [3.05, 3.63) is 36.0 Å². The molecule has 1 N–H and O–H groups in total. The Morgan fingerprint density at radius 3 is 2.67 bits per heavy atom. The third-order valence-electron chi connectivity index (χ3n) is 3.85. The highest BCUT2D eigenvalue weighted by Crippen LogP contribution is 2.27. The molecule has 0 aliphatic rings. The van der Waals surface area contributed by atoms with E-state index in [1.807, 2.05) is 20.8 Å². The number of fused-ring (bicyclic) bond motifs is 1. The fourth-order valence-electron chi connectivity index (χ4n) is 2.28. The van der Waals surface area contributed by atoms with Gasteiger partial charge in [0.2, 0.25) is 11.8 Å². The number of carbonyl (C=O) groups is 2. The molecule has 9 nitrogen and oxygen atoms in total. The summed E-state index contributed by atoms with van der Waals surface area (Å²) in [6.07, 6.45) is 1.43. The minimum Gasteiger partial charge on any atom is -0.440 e. The zero-order chi connectivity index (χ0) is 19.8. The van der Waals surface area contributed by atoms with E-state index in [0.29, 0.717) is 22.7 Å². The summed E-state index contributed by atoms with van der Waals surface area (Å²) in [5.41, 5.74) is 1.81. The quantitative estimate of drug-likeness (QED) is 0.753. The molecule has 2 heterocycles. The zero-order valence-electron chi connectivity index (χ0n) is 16.0. The van der Waals surface area contributed by atoms with Crippen molar-refractivity contribution < 1.29 is 14.0 Å². The summed E-state index contributed by atoms with van der Waals surface area (Å²) in [6.45, 7) is 6.08. The molecule has 0 fully saturated rings. The fourth-order valence-corrected chi connectivity index (χ4v) is 2.28. The van der Waals surface area contributed by atoms with E-state index in [1.54, 1.807) is 32.3 Å². The first-order valence-corrected chi connectivity index (χ1v) is 8.46. The summed E-state index contributed by atoms with van der Waals surface area (Å²) in [5, 5.41) is 10.4. The van der Waals surface area contributed by atoms with Gasteiger partial charge in [-0.1, -0.05) is 26.0 Å². The summed E-state index contributed by atoms with van der Waals surface area (Å²) < 4.78 is 7.08. The topological polar surface area (TPSA) is 106 Å². The van der Waals surface area contributed by atoms with Gasteiger partial charge in [-0.25, -0.2) is 9.67 Å². The Kier molecular flexibility index (Phi) is 4.69. The molecule has 0 bridgehead atoms. The van der Waals surface area contributed by atoms with Gasteiger partial charge in [0.15, 0.2) is 11.3 Å². The maximum atomic E-state index is 12.4. The molecule has 2 amide bonds. The Labute approximate surface area is 156 Å². The number of oxazole rings is 1. The molecule has 3 aromatic rings. The Bertz CT molecular complexity index is 996. The highest BCUT2D eigenvalue weighted by atomic mass is 16.3. The molecule has 3 rings (SSSR count). The SMILES string of the molecule is CN(C)C(=O)Cn1cc(C(=O)Nc2ccc3oc(C(C)(C)C)nc3c2)nn1. The molecule has 2 aromatic heterocycles. The molecule has 0 radical (unpaired) electrons. The fraction of sp³-hybridized carbons (Fsp3) is 0.389. The molecule has 0 saturated heterocycles. The number of benzene rings is 1. The zero-order valence-corrected chi connectivity index (χ0v) is 16.0. The number of aromatic nitrogens is 4. The van der Waals surface area contributed by atoms with Crippen molar-refractivity contribution in [2.24, 2.45) is 0 Å². The summed E-state index contributed by atoms with van der Waals surface area (Å²) in [6, 6.07) is 5.24. The standard InChI is InChI=1S/C18H22N6O3/c1-18(2,3)17-20-12-8-11(6-7-14(12)27-17)19-16(26)13-9-24(22-21-13)10-15(25)23(4)5/h6-9H,10H2,1-5H3,(H,19,26). The lowest BCUT2D eigenvalue weighted by molar-refractivity contribution is -0.129. The third kappa shape index (κ3) is 4.13. The van der Waals surface area contributed by atoms with E-state index in [-0.39, 0.29) is 23.6 Å². The molecule has 27 heavy (non-hydrogen) atoms. The van der Waals surface area contributed by atoms with Crippen LogP contribution in [-0.2, 0) is 16.8 Å². The average Bonchev–Trinajstić information content (AvgIpc) is 3.20. The molecule has 0 aliphatic heterocycles. The molecule has 0 aliphatic carbocycles. The van der Waals surface area contributed by atoms with Crippen LogP contribution in [0.15, 0.2) is 28.8 Å². The number of hydrogen-bond donors (Lipinski definition) is 1. The second kappa shape index (κ2) is 6.82. The first-order valence-electron chi connectivity index (χ1n) is 8.46. The van der Waals surface area contributed by atoms with Crippen LogP contribution in [0.25, 0.3) is 11.1 Å². The monoisotopic (exact) mass is 370 g/mol. The average molecular weight is 370 g/mol. The van der Waals surface area contributed by atoms with Gasteiger partial charge in [-0.2, -0.15) is 0 Å². The molecule has 9 heteroatoms. The number of amides is 2. The number of hydrogen-bond acceptors (Lipinski definition) is 6. The van der Waals surface area contributed by atoms with Crippen molar-refractivity contribution in [3.8, 4) is 0 Å². The van der Waals surface area contributed by atoms with Gasteiger partial charge in [-0.05, 0) is 18.2 Å². The van der Waals surface area contributed by atoms with E-state index in [2.05, 4.69) is 20.6 Å². The second-order valence-corrected chi connectivity index (χ2v) is 7.50. The molecule has 0 saturated carbocycles. The van der Waals surface area contributed by atoms with Crippen LogP contribution in [0.3, 0.4) is 0 Å². The van der Waals surface area contributed by atoms with Gasteiger partial charge >= 0.3 is 0 Å². The Balaban J connectivity index is 1.74. The number of nitrogens with one attached hydrogen (secondary N) is 1. The highest BCUT2D eigenvalue weighted by molar-refractivity contribution is 6.03. The molecule has 0 atom stereocenters. The minimum atomic E-state index is -0.419. The molecular formula is C18H22N6O3. The van der Waals surface area contributed by atoms with Crippen LogP contribution in [0.2, 0.25) is 0 Å². The Morgan fingerprint density at radius 2 is 2.00 bits per heavy atom. The summed E-state index contributed by atoms with van der Waals surface area (Å²) in [7, 11) is 3.30. The first kappa shape index (κ1) is 18.6. The van der Waals surface area contributed by atoms with Gasteiger partial charge < -0.3 is 14.6 Å². The van der Waals surface area contributed by atoms with Crippen LogP contribution in [0.5, 0.6) is 0 Å². The number of rotatable bonds is 4. The van der Waals surface area contributed by atoms with Crippen molar-refractivity contribution in [3.63, 3.8) is 0 Å². The number of likely N-dealkylation sites (N-methyl/N-ethyl adjacent to an activating group) is 1. The van der Waals surface area contributed by atoms with Crippen molar-refractivity contribution >= 4 is 28.6 Å². The van der Waals surface area contributed by atoms with Crippen LogP contribution >= 0.6 is 0 Å². The van der Waals surface area contributed by atoms with E-state index < -0.39 is 5.91 Å². The van der Waals surface area contributed by atoms with Crippen LogP contribution < -0.4 is 5.32 Å². The minimum absolute atomic E-state index is 0.0216. The van der Waals surface area contributed by atoms with Crippen LogP contribution in [0, 0.1) is 0 Å². The molecular weight excluding hydrogens is 348 g/mol. The van der Waals surface area contributed by atoms with Gasteiger partial charge in [0.25, 0.3) is 5.91 Å². The van der Waals surface area contributed by atoms with E-state index in [4.69, 9.17) is 4.42 Å². The van der Waals surface area contributed by atoms with Gasteiger partial charge in [-0.15, -0.1) is 5.10 Å². The lowest BCUT2D eigenvalue weighted by atomic mass is 9.97. The molecule has 0 spiro atoms. The predicted molar refractivity (Wildman–Crippen MR) is 99.4 cm³/mol. The number of carbonyl (C=O) groups excluding carboxylic acids is 2. The summed E-state index contributed by atoms with van der Waals surface area (Å²) in [5.74, 6) is 0.0740. The van der Waals surface area contributed by atoms with Crippen LogP contribution in [0.1, 0.15) is 37.2 Å². The third-order valence-corrected chi connectivity index (χ3v) is 3.85. The van der Waals surface area contributed by atoms with E-state index in [9.17, 15) is 9.59 Å². The van der Waals surface area contributed by atoms with E-state index in [1.165, 1.54) is 15.8 Å². The second-order valence-electron chi connectivity index (χ2n) is 7.50. The predicted octanol–water partition coefficient (Wildman–Crippen LogP) is 2.06. The van der Waals surface area contributed by atoms with Crippen molar-refractivity contribution in [1.82, 2.24) is 24.9 Å². The largest absolute Gasteiger partial charge is 0.440 e. The molecule has 0 unspecified atom stereocenters. The maximum Gasteiger partial charge on any atom is 0.277 e. The van der Waals surface area contributed by atoms with Crippen LogP contribution in [0.4, 0.5) is 5.69 Å². The van der Waals surface area contributed by atoms with E-state index in [0.717, 1.165) is 0 Å². The lowest BCUT2D eigenvalue weighted by Crippen LogP contribution is -2.26. The maximum absolute atomic E-state index is 12.4. The van der Waals surface area contributed by atoms with Crippen LogP contribution in [-0.4, -0.2) is 50.8 Å². The van der Waals surface area contributed by atoms with Crippen molar-refractivity contribution in [2.75, 3.05) is 19.4 Å². The van der Waals surface area contributed by atoms with E-state index >= 15 is 0 Å². The van der Waals surface area contributed by atoms with Gasteiger partial charge in [0, 0.05) is 25.2 Å². The number of nitrogens with zero attached hydrogens (tertiary/aromatic N) is 5. The van der Waals surface area contributed by atoms with Crippen molar-refractivity contribution in [1.29, 1.82) is 0 Å². The molecule has 1 aromatic carbocycles. The lowest BCUT2D eigenvalue weighted by Gasteiger charge is -2.11. The molecule has 142 valence electrons. The first-order chi connectivity index (χ1) is 12.6. The van der Waals surface area contributed by atoms with Gasteiger partial charge in [0.1, 0.15) is 12.1 Å². The van der Waals surface area contributed by atoms with Gasteiger partial charge in [0.05, 0.1) is 6.20 Å². The smallest absolute Gasteiger partial charge is 0.277 e. The Morgan fingerprint density at radius 1 is 1.26 bits per heavy atom. The summed E-state index contributed by atoms with van der Waals surface area (Å²) in [4.78, 5) is 30.0. The van der Waals surface area contributed by atoms with Crippen molar-refractivity contribution in [2.45, 2.75) is 32.7 Å². The number of anilines is 1. The Hall–Kier alpha value is -3.23. The van der Waals surface area contributed by atoms with Gasteiger partial charge in [-0.3, -0.25) is 9.59 Å².